The Kier molecular flexibility index (Phi) is 6.80. The Labute approximate surface area is 177 Å². The van der Waals surface area contributed by atoms with E-state index in [1.165, 1.54) is 11.8 Å². The zero-order chi connectivity index (χ0) is 21.0. The third-order valence-corrected chi connectivity index (χ3v) is 5.57. The van der Waals surface area contributed by atoms with Gasteiger partial charge in [0.05, 0.1) is 10.6 Å². The van der Waals surface area contributed by atoms with Crippen molar-refractivity contribution in [2.45, 2.75) is 32.6 Å². The Morgan fingerprint density at radius 2 is 1.69 bits per heavy atom. The van der Waals surface area contributed by atoms with E-state index >= 15 is 0 Å². The van der Waals surface area contributed by atoms with Gasteiger partial charge in [-0.1, -0.05) is 69.8 Å². The van der Waals surface area contributed by atoms with Crippen LogP contribution < -0.4 is 5.32 Å². The van der Waals surface area contributed by atoms with Crippen molar-refractivity contribution in [1.29, 1.82) is 0 Å². The fourth-order valence-electron chi connectivity index (χ4n) is 3.30. The summed E-state index contributed by atoms with van der Waals surface area (Å²) in [5.74, 6) is 0.671. The van der Waals surface area contributed by atoms with Gasteiger partial charge in [-0.15, -0.1) is 0 Å². The summed E-state index contributed by atoms with van der Waals surface area (Å²) in [6.07, 6.45) is 1.88. The molecule has 4 nitrogen and oxygen atoms in total. The summed E-state index contributed by atoms with van der Waals surface area (Å²) in [7, 11) is 0. The molecule has 0 aliphatic carbocycles. The normalized spacial score (nSPS) is 14.8. The molecule has 2 amide bonds. The standard InChI is InChI=1S/C24H28N2O2S/c1-16(2)14-26(15-17(3)4)24(28)19-10-11-21-20(13-19)25-23(27)22(29-21)12-18-8-6-5-7-9-18/h5-13,16-17H,14-15H2,1-4H3,(H,25,27)/b22-12-. The Bertz CT molecular complexity index is 910. The van der Waals surface area contributed by atoms with Crippen LogP contribution in [0.25, 0.3) is 6.08 Å². The topological polar surface area (TPSA) is 49.4 Å². The van der Waals surface area contributed by atoms with E-state index in [0.717, 1.165) is 23.5 Å². The summed E-state index contributed by atoms with van der Waals surface area (Å²) in [4.78, 5) is 29.2. The number of nitrogens with zero attached hydrogens (tertiary/aromatic N) is 1. The predicted molar refractivity (Wildman–Crippen MR) is 121 cm³/mol. The van der Waals surface area contributed by atoms with Gasteiger partial charge in [0.2, 0.25) is 0 Å². The number of amides is 2. The monoisotopic (exact) mass is 408 g/mol. The molecule has 1 aliphatic heterocycles. The minimum Gasteiger partial charge on any atom is -0.338 e. The minimum atomic E-state index is -0.142. The number of hydrogen-bond donors (Lipinski definition) is 1. The van der Waals surface area contributed by atoms with Crippen molar-refractivity contribution >= 4 is 35.3 Å². The average molecular weight is 409 g/mol. The second-order valence-electron chi connectivity index (χ2n) is 8.18. The first-order valence-electron chi connectivity index (χ1n) is 10.0. The lowest BCUT2D eigenvalue weighted by atomic mass is 10.1. The van der Waals surface area contributed by atoms with E-state index in [9.17, 15) is 9.59 Å². The van der Waals surface area contributed by atoms with Crippen LogP contribution in [-0.2, 0) is 4.79 Å². The molecule has 0 bridgehead atoms. The average Bonchev–Trinajstić information content (AvgIpc) is 2.67. The van der Waals surface area contributed by atoms with E-state index in [2.05, 4.69) is 33.0 Å². The van der Waals surface area contributed by atoms with Gasteiger partial charge < -0.3 is 10.2 Å². The van der Waals surface area contributed by atoms with Gasteiger partial charge in [-0.2, -0.15) is 0 Å². The first-order valence-corrected chi connectivity index (χ1v) is 10.8. The molecule has 0 radical (unpaired) electrons. The summed E-state index contributed by atoms with van der Waals surface area (Å²) < 4.78 is 0. The Balaban J connectivity index is 1.83. The van der Waals surface area contributed by atoms with Crippen LogP contribution in [0, 0.1) is 11.8 Å². The molecule has 1 N–H and O–H groups in total. The summed E-state index contributed by atoms with van der Waals surface area (Å²) in [6, 6.07) is 15.4. The summed E-state index contributed by atoms with van der Waals surface area (Å²) >= 11 is 1.43. The number of rotatable bonds is 6. The molecule has 0 atom stereocenters. The molecule has 29 heavy (non-hydrogen) atoms. The zero-order valence-corrected chi connectivity index (χ0v) is 18.3. The fourth-order valence-corrected chi connectivity index (χ4v) is 4.23. The van der Waals surface area contributed by atoms with Crippen LogP contribution in [0.5, 0.6) is 0 Å². The zero-order valence-electron chi connectivity index (χ0n) is 17.4. The molecule has 0 saturated heterocycles. The molecule has 1 aliphatic rings. The second kappa shape index (κ2) is 9.31. The van der Waals surface area contributed by atoms with Gasteiger partial charge in [-0.3, -0.25) is 9.59 Å². The number of benzene rings is 2. The van der Waals surface area contributed by atoms with Crippen molar-refractivity contribution in [2.24, 2.45) is 11.8 Å². The molecular formula is C24H28N2O2S. The van der Waals surface area contributed by atoms with E-state index in [-0.39, 0.29) is 11.8 Å². The highest BCUT2D eigenvalue weighted by Gasteiger charge is 2.24. The maximum atomic E-state index is 13.1. The molecule has 152 valence electrons. The van der Waals surface area contributed by atoms with Crippen LogP contribution in [0.1, 0.15) is 43.6 Å². The summed E-state index contributed by atoms with van der Waals surface area (Å²) in [6.45, 7) is 9.91. The van der Waals surface area contributed by atoms with Crippen molar-refractivity contribution < 1.29 is 9.59 Å². The number of carbonyl (C=O) groups is 2. The molecule has 2 aromatic carbocycles. The molecule has 2 aromatic rings. The number of hydrogen-bond acceptors (Lipinski definition) is 3. The van der Waals surface area contributed by atoms with Gasteiger partial charge >= 0.3 is 0 Å². The maximum Gasteiger partial charge on any atom is 0.262 e. The lowest BCUT2D eigenvalue weighted by Gasteiger charge is -2.27. The molecule has 0 unspecified atom stereocenters. The van der Waals surface area contributed by atoms with Crippen molar-refractivity contribution in [3.05, 3.63) is 64.6 Å². The van der Waals surface area contributed by atoms with Crippen LogP contribution >= 0.6 is 11.8 Å². The minimum absolute atomic E-state index is 0.0140. The van der Waals surface area contributed by atoms with Gasteiger partial charge in [-0.05, 0) is 41.7 Å². The molecule has 0 saturated carbocycles. The third kappa shape index (κ3) is 5.51. The van der Waals surface area contributed by atoms with Crippen molar-refractivity contribution in [3.63, 3.8) is 0 Å². The van der Waals surface area contributed by atoms with Crippen LogP contribution in [0.4, 0.5) is 5.69 Å². The number of fused-ring (bicyclic) bond motifs is 1. The van der Waals surface area contributed by atoms with E-state index in [1.807, 2.05) is 53.4 Å². The van der Waals surface area contributed by atoms with E-state index in [1.54, 1.807) is 6.07 Å². The summed E-state index contributed by atoms with van der Waals surface area (Å²) in [5.41, 5.74) is 2.30. The first kappa shape index (κ1) is 21.2. The largest absolute Gasteiger partial charge is 0.338 e. The van der Waals surface area contributed by atoms with Gasteiger partial charge in [0, 0.05) is 23.5 Å². The Hall–Kier alpha value is -2.53. The molecule has 3 rings (SSSR count). The first-order chi connectivity index (χ1) is 13.8. The highest BCUT2D eigenvalue weighted by molar-refractivity contribution is 8.04. The van der Waals surface area contributed by atoms with E-state index in [4.69, 9.17) is 0 Å². The van der Waals surface area contributed by atoms with E-state index in [0.29, 0.717) is 28.0 Å². The predicted octanol–water partition coefficient (Wildman–Crippen LogP) is 5.53. The number of thioether (sulfide) groups is 1. The van der Waals surface area contributed by atoms with Gasteiger partial charge in [0.25, 0.3) is 11.8 Å². The lowest BCUT2D eigenvalue weighted by molar-refractivity contribution is -0.112. The highest BCUT2D eigenvalue weighted by Crippen LogP contribution is 2.39. The van der Waals surface area contributed by atoms with Gasteiger partial charge in [-0.25, -0.2) is 0 Å². The number of carbonyl (C=O) groups excluding carboxylic acids is 2. The van der Waals surface area contributed by atoms with Crippen LogP contribution in [-0.4, -0.2) is 29.8 Å². The third-order valence-electron chi connectivity index (χ3n) is 4.47. The molecule has 0 aromatic heterocycles. The van der Waals surface area contributed by atoms with Crippen molar-refractivity contribution in [2.75, 3.05) is 18.4 Å². The van der Waals surface area contributed by atoms with Crippen LogP contribution in [0.15, 0.2) is 58.3 Å². The van der Waals surface area contributed by atoms with Gasteiger partial charge in [0.15, 0.2) is 0 Å². The molecular weight excluding hydrogens is 380 g/mol. The quantitative estimate of drug-likeness (QED) is 0.640. The van der Waals surface area contributed by atoms with Crippen LogP contribution in [0.3, 0.4) is 0 Å². The Morgan fingerprint density at radius 1 is 1.03 bits per heavy atom. The molecule has 1 heterocycles. The van der Waals surface area contributed by atoms with Crippen molar-refractivity contribution in [1.82, 2.24) is 4.90 Å². The molecule has 5 heteroatoms. The summed E-state index contributed by atoms with van der Waals surface area (Å²) in [5, 5.41) is 2.95. The van der Waals surface area contributed by atoms with Crippen molar-refractivity contribution in [3.8, 4) is 0 Å². The van der Waals surface area contributed by atoms with Gasteiger partial charge in [0.1, 0.15) is 0 Å². The SMILES string of the molecule is CC(C)CN(CC(C)C)C(=O)c1ccc2c(c1)NC(=O)/C(=C/c1ccccc1)S2. The molecule has 0 spiro atoms. The molecule has 0 fully saturated rings. The van der Waals surface area contributed by atoms with Crippen LogP contribution in [0.2, 0.25) is 0 Å². The second-order valence-corrected chi connectivity index (χ2v) is 9.27. The van der Waals surface area contributed by atoms with E-state index < -0.39 is 0 Å². The fraction of sp³-hybridized carbons (Fsp3) is 0.333. The number of anilines is 1. The highest BCUT2D eigenvalue weighted by atomic mass is 32.2. The Morgan fingerprint density at radius 3 is 2.31 bits per heavy atom. The maximum absolute atomic E-state index is 13.1. The smallest absolute Gasteiger partial charge is 0.262 e. The lowest BCUT2D eigenvalue weighted by Crippen LogP contribution is -2.37. The number of nitrogens with one attached hydrogen (secondary N) is 1.